The van der Waals surface area contributed by atoms with Gasteiger partial charge in [0.2, 0.25) is 11.8 Å². The fraction of sp³-hybridized carbons (Fsp3) is 0.500. The third kappa shape index (κ3) is 3.72. The Hall–Kier alpha value is -1.47. The summed E-state index contributed by atoms with van der Waals surface area (Å²) in [5.41, 5.74) is 0.748. The van der Waals surface area contributed by atoms with Crippen LogP contribution in [0.5, 0.6) is 0 Å². The molecule has 7 heteroatoms. The average molecular weight is 338 g/mol. The number of aromatic nitrogens is 2. The smallest absolute Gasteiger partial charge is 0.249 e. The molecule has 0 unspecified atom stereocenters. The second-order valence-corrected chi connectivity index (χ2v) is 6.02. The normalized spacial score (nSPS) is 21.9. The fourth-order valence-electron chi connectivity index (χ4n) is 2.90. The Morgan fingerprint density at radius 3 is 2.87 bits per heavy atom. The van der Waals surface area contributed by atoms with Crippen LogP contribution in [0, 0.1) is 0 Å². The van der Waals surface area contributed by atoms with Gasteiger partial charge in [0.05, 0.1) is 29.8 Å². The summed E-state index contributed by atoms with van der Waals surface area (Å²) in [6.07, 6.45) is 1.15. The zero-order valence-corrected chi connectivity index (χ0v) is 14.0. The van der Waals surface area contributed by atoms with E-state index in [1.54, 1.807) is 20.3 Å². The lowest BCUT2D eigenvalue weighted by molar-refractivity contribution is 0.102. The summed E-state index contributed by atoms with van der Waals surface area (Å²) < 4.78 is 16.5. The standard InChI is InChI=1S/C16H20ClN3O3/c1-21-10-11-7-12(22-2)8-20(11)9-15-18-19-16(23-15)13-5-3-4-6-14(13)17/h3-6,11-12H,7-10H2,1-2H3/t11-,12-/m0/s1. The predicted octanol–water partition coefficient (Wildman–Crippen LogP) is 2.63. The lowest BCUT2D eigenvalue weighted by Gasteiger charge is -2.21. The van der Waals surface area contributed by atoms with Gasteiger partial charge in [0.25, 0.3) is 0 Å². The van der Waals surface area contributed by atoms with Gasteiger partial charge in [-0.2, -0.15) is 0 Å². The van der Waals surface area contributed by atoms with E-state index in [1.807, 2.05) is 18.2 Å². The topological polar surface area (TPSA) is 60.6 Å². The Labute approximate surface area is 140 Å². The molecule has 0 radical (unpaired) electrons. The van der Waals surface area contributed by atoms with E-state index in [1.165, 1.54) is 0 Å². The van der Waals surface area contributed by atoms with E-state index in [0.29, 0.717) is 36.0 Å². The van der Waals surface area contributed by atoms with Crippen LogP contribution in [0.4, 0.5) is 0 Å². The van der Waals surface area contributed by atoms with Gasteiger partial charge < -0.3 is 13.9 Å². The molecule has 0 spiro atoms. The maximum atomic E-state index is 6.17. The predicted molar refractivity (Wildman–Crippen MR) is 86.2 cm³/mol. The molecule has 6 nitrogen and oxygen atoms in total. The first-order valence-electron chi connectivity index (χ1n) is 7.54. The number of nitrogens with zero attached hydrogens (tertiary/aromatic N) is 3. The second-order valence-electron chi connectivity index (χ2n) is 5.61. The van der Waals surface area contributed by atoms with Gasteiger partial charge in [-0.05, 0) is 18.6 Å². The monoisotopic (exact) mass is 337 g/mol. The van der Waals surface area contributed by atoms with Crippen LogP contribution in [-0.2, 0) is 16.0 Å². The van der Waals surface area contributed by atoms with Gasteiger partial charge in [-0.25, -0.2) is 0 Å². The van der Waals surface area contributed by atoms with Gasteiger partial charge in [-0.1, -0.05) is 23.7 Å². The van der Waals surface area contributed by atoms with Crippen molar-refractivity contribution in [3.8, 4) is 11.5 Å². The molecule has 1 fully saturated rings. The maximum absolute atomic E-state index is 6.17. The van der Waals surface area contributed by atoms with Crippen molar-refractivity contribution in [2.24, 2.45) is 0 Å². The van der Waals surface area contributed by atoms with Crippen LogP contribution in [0.3, 0.4) is 0 Å². The summed E-state index contributed by atoms with van der Waals surface area (Å²) in [5, 5.41) is 8.85. The lowest BCUT2D eigenvalue weighted by Crippen LogP contribution is -2.32. The zero-order valence-electron chi connectivity index (χ0n) is 13.2. The van der Waals surface area contributed by atoms with Crippen LogP contribution >= 0.6 is 11.6 Å². The van der Waals surface area contributed by atoms with Gasteiger partial charge in [-0.3, -0.25) is 4.90 Å². The molecule has 1 aromatic heterocycles. The van der Waals surface area contributed by atoms with Crippen molar-refractivity contribution in [2.45, 2.75) is 25.1 Å². The van der Waals surface area contributed by atoms with Gasteiger partial charge >= 0.3 is 0 Å². The summed E-state index contributed by atoms with van der Waals surface area (Å²) in [4.78, 5) is 2.25. The van der Waals surface area contributed by atoms with E-state index < -0.39 is 0 Å². The molecule has 23 heavy (non-hydrogen) atoms. The number of rotatable bonds is 6. The Morgan fingerprint density at radius 2 is 2.13 bits per heavy atom. The molecule has 1 aliphatic rings. The van der Waals surface area contributed by atoms with Crippen LogP contribution in [0.1, 0.15) is 12.3 Å². The molecule has 2 aromatic rings. The van der Waals surface area contributed by atoms with E-state index in [4.69, 9.17) is 25.5 Å². The average Bonchev–Trinajstić information content (AvgIpc) is 3.16. The molecule has 1 saturated heterocycles. The van der Waals surface area contributed by atoms with Crippen molar-refractivity contribution in [3.05, 3.63) is 35.2 Å². The molecule has 1 aromatic carbocycles. The lowest BCUT2D eigenvalue weighted by atomic mass is 10.2. The minimum absolute atomic E-state index is 0.209. The molecule has 0 bridgehead atoms. The van der Waals surface area contributed by atoms with Crippen molar-refractivity contribution >= 4 is 11.6 Å². The van der Waals surface area contributed by atoms with Gasteiger partial charge in [0.1, 0.15) is 0 Å². The molecule has 3 rings (SSSR count). The van der Waals surface area contributed by atoms with Crippen molar-refractivity contribution in [2.75, 3.05) is 27.4 Å². The maximum Gasteiger partial charge on any atom is 0.249 e. The highest BCUT2D eigenvalue weighted by molar-refractivity contribution is 6.33. The van der Waals surface area contributed by atoms with E-state index >= 15 is 0 Å². The molecule has 2 atom stereocenters. The van der Waals surface area contributed by atoms with Gasteiger partial charge in [0, 0.05) is 26.8 Å². The summed E-state index contributed by atoms with van der Waals surface area (Å²) in [6.45, 7) is 2.06. The number of benzene rings is 1. The number of likely N-dealkylation sites (tertiary alicyclic amines) is 1. The van der Waals surface area contributed by atoms with Crippen LogP contribution in [0.25, 0.3) is 11.5 Å². The quantitative estimate of drug-likeness (QED) is 0.807. The highest BCUT2D eigenvalue weighted by Gasteiger charge is 2.33. The largest absolute Gasteiger partial charge is 0.419 e. The van der Waals surface area contributed by atoms with Crippen molar-refractivity contribution < 1.29 is 13.9 Å². The Balaban J connectivity index is 1.72. The third-order valence-corrected chi connectivity index (χ3v) is 4.42. The third-order valence-electron chi connectivity index (χ3n) is 4.09. The minimum atomic E-state index is 0.209. The summed E-state index contributed by atoms with van der Waals surface area (Å²) in [7, 11) is 3.45. The summed E-state index contributed by atoms with van der Waals surface area (Å²) in [6, 6.07) is 7.72. The SMILES string of the molecule is COC[C@@H]1C[C@H](OC)CN1Cc1nnc(-c2ccccc2Cl)o1. The van der Waals surface area contributed by atoms with E-state index in [-0.39, 0.29) is 6.10 Å². The number of ether oxygens (including phenoxy) is 2. The molecule has 124 valence electrons. The van der Waals surface area contributed by atoms with Crippen LogP contribution in [0.15, 0.2) is 28.7 Å². The Kier molecular flexibility index (Phi) is 5.27. The zero-order chi connectivity index (χ0) is 16.2. The molecule has 0 N–H and O–H groups in total. The Morgan fingerprint density at radius 1 is 1.30 bits per heavy atom. The first-order valence-corrected chi connectivity index (χ1v) is 7.92. The number of hydrogen-bond acceptors (Lipinski definition) is 6. The first-order chi connectivity index (χ1) is 11.2. The number of halogens is 1. The van der Waals surface area contributed by atoms with E-state index in [9.17, 15) is 0 Å². The summed E-state index contributed by atoms with van der Waals surface area (Å²) in [5.74, 6) is 1.01. The molecular formula is C16H20ClN3O3. The van der Waals surface area contributed by atoms with Crippen LogP contribution in [0.2, 0.25) is 5.02 Å². The Bertz CT molecular complexity index is 649. The van der Waals surface area contributed by atoms with Crippen LogP contribution < -0.4 is 0 Å². The molecule has 0 saturated carbocycles. The molecule has 1 aliphatic heterocycles. The summed E-state index contributed by atoms with van der Waals surface area (Å²) >= 11 is 6.17. The molecule has 0 aliphatic carbocycles. The highest BCUT2D eigenvalue weighted by Crippen LogP contribution is 2.27. The molecule has 0 amide bonds. The van der Waals surface area contributed by atoms with E-state index in [0.717, 1.165) is 18.5 Å². The number of methoxy groups -OCH3 is 2. The van der Waals surface area contributed by atoms with E-state index in [2.05, 4.69) is 15.1 Å². The second kappa shape index (κ2) is 7.40. The number of hydrogen-bond donors (Lipinski definition) is 0. The van der Waals surface area contributed by atoms with Gasteiger partial charge in [-0.15, -0.1) is 10.2 Å². The molecular weight excluding hydrogens is 318 g/mol. The fourth-order valence-corrected chi connectivity index (χ4v) is 3.12. The van der Waals surface area contributed by atoms with Crippen LogP contribution in [-0.4, -0.2) is 54.6 Å². The first kappa shape index (κ1) is 16.4. The van der Waals surface area contributed by atoms with Crippen molar-refractivity contribution in [3.63, 3.8) is 0 Å². The highest BCUT2D eigenvalue weighted by atomic mass is 35.5. The molecule has 2 heterocycles. The van der Waals surface area contributed by atoms with Crippen molar-refractivity contribution in [1.82, 2.24) is 15.1 Å². The van der Waals surface area contributed by atoms with Crippen molar-refractivity contribution in [1.29, 1.82) is 0 Å². The minimum Gasteiger partial charge on any atom is -0.419 e. The van der Waals surface area contributed by atoms with Gasteiger partial charge in [0.15, 0.2) is 0 Å².